The van der Waals surface area contributed by atoms with Crippen LogP contribution in [0.2, 0.25) is 0 Å². The molecule has 1 heterocycles. The van der Waals surface area contributed by atoms with Crippen LogP contribution in [0.3, 0.4) is 0 Å². The van der Waals surface area contributed by atoms with Crippen molar-refractivity contribution in [3.63, 3.8) is 0 Å². The molecular formula is C15H17NO2. The van der Waals surface area contributed by atoms with Crippen molar-refractivity contribution in [1.82, 2.24) is 4.90 Å². The first-order valence-corrected chi connectivity index (χ1v) is 5.93. The lowest BCUT2D eigenvalue weighted by Gasteiger charge is -2.17. The summed E-state index contributed by atoms with van der Waals surface area (Å²) in [6.45, 7) is 4.45. The molecule has 0 fully saturated rings. The third-order valence-corrected chi connectivity index (χ3v) is 2.98. The Morgan fingerprint density at radius 2 is 1.83 bits per heavy atom. The summed E-state index contributed by atoms with van der Waals surface area (Å²) in [5.74, 6) is 0.651. The minimum absolute atomic E-state index is 0.0122. The number of aryl methyl sites for hydroxylation is 2. The van der Waals surface area contributed by atoms with Crippen LogP contribution in [-0.4, -0.2) is 17.9 Å². The molecule has 1 amide bonds. The van der Waals surface area contributed by atoms with Gasteiger partial charge in [-0.15, -0.1) is 0 Å². The van der Waals surface area contributed by atoms with E-state index < -0.39 is 0 Å². The minimum atomic E-state index is -0.0122. The zero-order valence-electron chi connectivity index (χ0n) is 10.9. The van der Waals surface area contributed by atoms with Gasteiger partial charge in [0.15, 0.2) is 0 Å². The fourth-order valence-corrected chi connectivity index (χ4v) is 1.85. The van der Waals surface area contributed by atoms with E-state index in [0.717, 1.165) is 5.56 Å². The van der Waals surface area contributed by atoms with Gasteiger partial charge >= 0.3 is 0 Å². The first-order chi connectivity index (χ1) is 8.58. The third kappa shape index (κ3) is 2.62. The smallest absolute Gasteiger partial charge is 0.257 e. The molecule has 0 saturated heterocycles. The second kappa shape index (κ2) is 5.08. The normalized spacial score (nSPS) is 10.4. The highest BCUT2D eigenvalue weighted by atomic mass is 16.3. The molecule has 0 aliphatic carbocycles. The van der Waals surface area contributed by atoms with Gasteiger partial charge in [0.1, 0.15) is 5.76 Å². The molecule has 0 bridgehead atoms. The zero-order chi connectivity index (χ0) is 13.1. The van der Waals surface area contributed by atoms with Gasteiger partial charge in [0.25, 0.3) is 5.91 Å². The minimum Gasteiger partial charge on any atom is -0.469 e. The second-order valence-corrected chi connectivity index (χ2v) is 4.54. The summed E-state index contributed by atoms with van der Waals surface area (Å²) in [7, 11) is 1.80. The highest BCUT2D eigenvalue weighted by Crippen LogP contribution is 2.13. The fourth-order valence-electron chi connectivity index (χ4n) is 1.85. The maximum Gasteiger partial charge on any atom is 0.257 e. The molecule has 94 valence electrons. The van der Waals surface area contributed by atoms with Crippen molar-refractivity contribution in [2.24, 2.45) is 0 Å². The molecule has 2 rings (SSSR count). The second-order valence-electron chi connectivity index (χ2n) is 4.54. The Bertz CT molecular complexity index is 540. The van der Waals surface area contributed by atoms with Crippen molar-refractivity contribution < 1.29 is 9.21 Å². The Morgan fingerprint density at radius 3 is 2.39 bits per heavy atom. The van der Waals surface area contributed by atoms with E-state index in [-0.39, 0.29) is 5.91 Å². The number of hydrogen-bond acceptors (Lipinski definition) is 2. The summed E-state index contributed by atoms with van der Waals surface area (Å²) >= 11 is 0. The molecule has 1 aromatic heterocycles. The van der Waals surface area contributed by atoms with E-state index in [2.05, 4.69) is 12.1 Å². The summed E-state index contributed by atoms with van der Waals surface area (Å²) in [6.07, 6.45) is 1.54. The van der Waals surface area contributed by atoms with Crippen molar-refractivity contribution in [1.29, 1.82) is 0 Å². The quantitative estimate of drug-likeness (QED) is 0.829. The van der Waals surface area contributed by atoms with Crippen LogP contribution in [0.4, 0.5) is 0 Å². The van der Waals surface area contributed by atoms with E-state index in [4.69, 9.17) is 4.42 Å². The Balaban J connectivity index is 2.08. The number of furan rings is 1. The lowest BCUT2D eigenvalue weighted by atomic mass is 10.1. The van der Waals surface area contributed by atoms with Gasteiger partial charge in [-0.25, -0.2) is 0 Å². The van der Waals surface area contributed by atoms with Crippen LogP contribution in [0, 0.1) is 13.8 Å². The topological polar surface area (TPSA) is 33.5 Å². The summed E-state index contributed by atoms with van der Waals surface area (Å²) in [6, 6.07) is 9.90. The maximum absolute atomic E-state index is 12.2. The van der Waals surface area contributed by atoms with Crippen LogP contribution in [0.5, 0.6) is 0 Å². The molecule has 3 heteroatoms. The lowest BCUT2D eigenvalue weighted by Crippen LogP contribution is -2.26. The number of nitrogens with zero attached hydrogens (tertiary/aromatic N) is 1. The number of hydrogen-bond donors (Lipinski definition) is 0. The molecule has 0 aliphatic heterocycles. The molecule has 0 atom stereocenters. The Morgan fingerprint density at radius 1 is 1.17 bits per heavy atom. The van der Waals surface area contributed by atoms with Crippen molar-refractivity contribution >= 4 is 5.91 Å². The van der Waals surface area contributed by atoms with Crippen LogP contribution in [0.1, 0.15) is 27.2 Å². The summed E-state index contributed by atoms with van der Waals surface area (Å²) in [5.41, 5.74) is 2.97. The molecule has 0 unspecified atom stereocenters. The van der Waals surface area contributed by atoms with E-state index in [1.165, 1.54) is 5.56 Å². The van der Waals surface area contributed by atoms with E-state index >= 15 is 0 Å². The van der Waals surface area contributed by atoms with Crippen molar-refractivity contribution in [2.45, 2.75) is 20.4 Å². The standard InChI is InChI=1S/C15H17NO2/c1-11-4-6-13(7-5-11)10-16(3)15(17)14-8-9-18-12(14)2/h4-9H,10H2,1-3H3. The van der Waals surface area contributed by atoms with Crippen LogP contribution >= 0.6 is 0 Å². The number of amides is 1. The summed E-state index contributed by atoms with van der Waals surface area (Å²) in [4.78, 5) is 13.9. The molecule has 18 heavy (non-hydrogen) atoms. The van der Waals surface area contributed by atoms with Gasteiger partial charge in [-0.3, -0.25) is 4.79 Å². The molecule has 2 aromatic rings. The zero-order valence-corrected chi connectivity index (χ0v) is 10.9. The van der Waals surface area contributed by atoms with Gasteiger partial charge in [0.2, 0.25) is 0 Å². The predicted octanol–water partition coefficient (Wildman–Crippen LogP) is 3.17. The molecular weight excluding hydrogens is 226 g/mol. The lowest BCUT2D eigenvalue weighted by molar-refractivity contribution is 0.0783. The summed E-state index contributed by atoms with van der Waals surface area (Å²) < 4.78 is 5.15. The Hall–Kier alpha value is -2.03. The Labute approximate surface area is 107 Å². The molecule has 0 N–H and O–H groups in total. The number of rotatable bonds is 3. The monoisotopic (exact) mass is 243 g/mol. The van der Waals surface area contributed by atoms with Crippen LogP contribution in [-0.2, 0) is 6.54 Å². The molecule has 3 nitrogen and oxygen atoms in total. The first kappa shape index (κ1) is 12.4. The van der Waals surface area contributed by atoms with E-state index in [1.54, 1.807) is 31.2 Å². The number of carbonyl (C=O) groups excluding carboxylic acids is 1. The van der Waals surface area contributed by atoms with Crippen LogP contribution in [0.25, 0.3) is 0 Å². The highest BCUT2D eigenvalue weighted by molar-refractivity contribution is 5.94. The van der Waals surface area contributed by atoms with Crippen molar-refractivity contribution in [3.8, 4) is 0 Å². The van der Waals surface area contributed by atoms with Crippen LogP contribution < -0.4 is 0 Å². The molecule has 1 aromatic carbocycles. The van der Waals surface area contributed by atoms with E-state index in [1.807, 2.05) is 19.1 Å². The number of carbonyl (C=O) groups is 1. The Kier molecular flexibility index (Phi) is 3.51. The molecule has 0 aliphatic rings. The van der Waals surface area contributed by atoms with Gasteiger partial charge in [-0.2, -0.15) is 0 Å². The van der Waals surface area contributed by atoms with Gasteiger partial charge in [0, 0.05) is 13.6 Å². The average Bonchev–Trinajstić information content (AvgIpc) is 2.77. The van der Waals surface area contributed by atoms with Crippen LogP contribution in [0.15, 0.2) is 41.0 Å². The van der Waals surface area contributed by atoms with Gasteiger partial charge < -0.3 is 9.32 Å². The van der Waals surface area contributed by atoms with Gasteiger partial charge in [0.05, 0.1) is 11.8 Å². The SMILES string of the molecule is Cc1ccc(CN(C)C(=O)c2ccoc2C)cc1. The third-order valence-electron chi connectivity index (χ3n) is 2.98. The van der Waals surface area contributed by atoms with Gasteiger partial charge in [-0.05, 0) is 25.5 Å². The van der Waals surface area contributed by atoms with E-state index in [9.17, 15) is 4.79 Å². The average molecular weight is 243 g/mol. The van der Waals surface area contributed by atoms with Gasteiger partial charge in [-0.1, -0.05) is 29.8 Å². The summed E-state index contributed by atoms with van der Waals surface area (Å²) in [5, 5.41) is 0. The molecule has 0 saturated carbocycles. The largest absolute Gasteiger partial charge is 0.469 e. The van der Waals surface area contributed by atoms with Crippen molar-refractivity contribution in [2.75, 3.05) is 7.05 Å². The molecule has 0 spiro atoms. The maximum atomic E-state index is 12.2. The van der Waals surface area contributed by atoms with Crippen molar-refractivity contribution in [3.05, 3.63) is 59.0 Å². The first-order valence-electron chi connectivity index (χ1n) is 5.93. The number of benzene rings is 1. The van der Waals surface area contributed by atoms with E-state index in [0.29, 0.717) is 17.9 Å². The fraction of sp³-hybridized carbons (Fsp3) is 0.267. The predicted molar refractivity (Wildman–Crippen MR) is 70.4 cm³/mol. The highest BCUT2D eigenvalue weighted by Gasteiger charge is 2.16. The molecule has 0 radical (unpaired) electrons.